The van der Waals surface area contributed by atoms with E-state index in [-0.39, 0.29) is 44.5 Å². The maximum atomic E-state index is 13.2. The van der Waals surface area contributed by atoms with Gasteiger partial charge in [0.2, 0.25) is 31.3 Å². The number of carbonyl (C=O) groups excluding carboxylic acids is 7. The van der Waals surface area contributed by atoms with E-state index < -0.39 is 121 Å². The molecule has 3 amide bonds. The number of nitrogens with zero attached hydrogens (tertiary/aromatic N) is 2. The smallest absolute Gasteiger partial charge is 0.333 e. The van der Waals surface area contributed by atoms with E-state index in [1.54, 1.807) is 44.2 Å². The standard InChI is InChI=1S/C34H42N4O13S2.ClH/c1-33(2)24(38-27(41)23(28(38)52-33)36-26(40)22(35)17-8-6-5-7-9-17)31(44)50-15-48-29(42)18-10-12-19(13-11-18)30(43)49-16-51-32(45)25-34(3,4)53(46,47)21-14-20(39)37(21)25;/h5-9,18-19,21-25,28H,10-16,35H2,1-4H3,(H,36,40);1H/t18?,19?,21-,22?,23-,24+,25+,28-;/m1./s1. The number of ether oxygens (including phenoxy) is 4. The molecular formula is C34H43ClN4O13S2. The summed E-state index contributed by atoms with van der Waals surface area (Å²) < 4.78 is 43.7. The summed E-state index contributed by atoms with van der Waals surface area (Å²) in [5.74, 6) is -5.65. The molecule has 0 bridgehead atoms. The Morgan fingerprint density at radius 3 is 1.85 bits per heavy atom. The van der Waals surface area contributed by atoms with E-state index in [1.807, 2.05) is 0 Å². The number of nitrogens with one attached hydrogen (secondary N) is 1. The highest BCUT2D eigenvalue weighted by Crippen LogP contribution is 2.51. The van der Waals surface area contributed by atoms with Crippen LogP contribution in [0.25, 0.3) is 0 Å². The monoisotopic (exact) mass is 814 g/mol. The minimum atomic E-state index is -3.80. The molecule has 1 unspecified atom stereocenters. The van der Waals surface area contributed by atoms with Crippen molar-refractivity contribution in [3.8, 4) is 0 Å². The van der Waals surface area contributed by atoms with Crippen molar-refractivity contribution >= 4 is 75.6 Å². The van der Waals surface area contributed by atoms with Gasteiger partial charge in [0.25, 0.3) is 0 Å². The Balaban J connectivity index is 0.00000561. The van der Waals surface area contributed by atoms with Crippen molar-refractivity contribution in [3.05, 3.63) is 35.9 Å². The molecule has 4 aliphatic heterocycles. The van der Waals surface area contributed by atoms with Crippen LogP contribution in [0.4, 0.5) is 0 Å². The zero-order valence-electron chi connectivity index (χ0n) is 30.0. The van der Waals surface area contributed by atoms with E-state index in [0.717, 1.165) is 4.90 Å². The highest BCUT2D eigenvalue weighted by Gasteiger charge is 2.68. The largest absolute Gasteiger partial charge is 0.428 e. The molecule has 4 heterocycles. The molecule has 20 heteroatoms. The number of carbonyl (C=O) groups is 7. The van der Waals surface area contributed by atoms with Gasteiger partial charge < -0.3 is 39.8 Å². The summed E-state index contributed by atoms with van der Waals surface area (Å²) in [7, 11) is -3.80. The molecule has 6 rings (SSSR count). The van der Waals surface area contributed by atoms with Gasteiger partial charge in [0, 0.05) is 4.75 Å². The minimum absolute atomic E-state index is 0. The predicted octanol–water partition coefficient (Wildman–Crippen LogP) is 0.684. The van der Waals surface area contributed by atoms with Crippen LogP contribution < -0.4 is 11.1 Å². The molecule has 296 valence electrons. The molecular weight excluding hydrogens is 772 g/mol. The lowest BCUT2D eigenvalue weighted by Crippen LogP contribution is -2.71. The lowest BCUT2D eigenvalue weighted by atomic mass is 9.82. The van der Waals surface area contributed by atoms with Crippen molar-refractivity contribution < 1.29 is 60.9 Å². The number of hydrogen-bond donors (Lipinski definition) is 2. The summed E-state index contributed by atoms with van der Waals surface area (Å²) in [4.78, 5) is 91.6. The highest BCUT2D eigenvalue weighted by molar-refractivity contribution is 8.01. The first-order valence-corrected chi connectivity index (χ1v) is 19.6. The van der Waals surface area contributed by atoms with Crippen LogP contribution >= 0.6 is 24.2 Å². The lowest BCUT2D eigenvalue weighted by molar-refractivity contribution is -0.181. The van der Waals surface area contributed by atoms with Crippen molar-refractivity contribution in [1.82, 2.24) is 15.1 Å². The van der Waals surface area contributed by atoms with Crippen LogP contribution in [0.5, 0.6) is 0 Å². The first kappa shape index (κ1) is 41.2. The third kappa shape index (κ3) is 7.14. The highest BCUT2D eigenvalue weighted by atomic mass is 35.5. The van der Waals surface area contributed by atoms with Crippen molar-refractivity contribution in [2.75, 3.05) is 13.6 Å². The number of β-lactam (4-membered cyclic amide) rings is 2. The maximum Gasteiger partial charge on any atom is 0.333 e. The quantitative estimate of drug-likeness (QED) is 0.178. The Labute approximate surface area is 322 Å². The van der Waals surface area contributed by atoms with Gasteiger partial charge in [-0.05, 0) is 58.9 Å². The van der Waals surface area contributed by atoms with Gasteiger partial charge in [-0.25, -0.2) is 18.0 Å². The minimum Gasteiger partial charge on any atom is -0.428 e. The molecule has 1 aliphatic carbocycles. The average molecular weight is 815 g/mol. The van der Waals surface area contributed by atoms with E-state index in [0.29, 0.717) is 5.56 Å². The van der Waals surface area contributed by atoms with Crippen LogP contribution in [0, 0.1) is 11.8 Å². The molecule has 1 aromatic rings. The number of benzene rings is 1. The number of amides is 3. The summed E-state index contributed by atoms with van der Waals surface area (Å²) in [6.07, 6.45) is 0.891. The van der Waals surface area contributed by atoms with Gasteiger partial charge in [0.15, 0.2) is 9.84 Å². The predicted molar refractivity (Wildman–Crippen MR) is 190 cm³/mol. The van der Waals surface area contributed by atoms with E-state index in [4.69, 9.17) is 24.7 Å². The van der Waals surface area contributed by atoms with Crippen LogP contribution in [-0.2, 0) is 62.3 Å². The van der Waals surface area contributed by atoms with Crippen LogP contribution in [0.3, 0.4) is 0 Å². The summed E-state index contributed by atoms with van der Waals surface area (Å²) in [5, 5.41) is 1.11. The topological polar surface area (TPSA) is 235 Å². The molecule has 17 nitrogen and oxygen atoms in total. The Morgan fingerprint density at radius 2 is 1.33 bits per heavy atom. The number of rotatable bonds is 11. The first-order valence-electron chi connectivity index (χ1n) is 17.2. The van der Waals surface area contributed by atoms with Crippen molar-refractivity contribution in [3.63, 3.8) is 0 Å². The molecule has 6 atom stereocenters. The number of esters is 4. The third-order valence-electron chi connectivity index (χ3n) is 10.8. The van der Waals surface area contributed by atoms with Gasteiger partial charge in [-0.1, -0.05) is 30.3 Å². The molecule has 3 N–H and O–H groups in total. The summed E-state index contributed by atoms with van der Waals surface area (Å²) in [5.41, 5.74) is 6.67. The molecule has 4 saturated heterocycles. The number of halogens is 1. The molecule has 0 radical (unpaired) electrons. The Kier molecular flexibility index (Phi) is 11.7. The number of fused-ring (bicyclic) bond motifs is 2. The third-order valence-corrected chi connectivity index (χ3v) is 15.2. The van der Waals surface area contributed by atoms with E-state index in [2.05, 4.69) is 5.32 Å². The number of nitrogens with two attached hydrogens (primary N) is 1. The van der Waals surface area contributed by atoms with Crippen molar-refractivity contribution in [1.29, 1.82) is 0 Å². The van der Waals surface area contributed by atoms with Gasteiger partial charge >= 0.3 is 23.9 Å². The van der Waals surface area contributed by atoms with E-state index in [1.165, 1.54) is 30.5 Å². The van der Waals surface area contributed by atoms with Gasteiger partial charge in [-0.2, -0.15) is 0 Å². The second-order valence-corrected chi connectivity index (χ2v) is 19.2. The molecule has 5 aliphatic rings. The fourth-order valence-corrected chi connectivity index (χ4v) is 11.4. The van der Waals surface area contributed by atoms with Crippen molar-refractivity contribution in [2.24, 2.45) is 17.6 Å². The van der Waals surface area contributed by atoms with Crippen LogP contribution in [0.15, 0.2) is 30.3 Å². The summed E-state index contributed by atoms with van der Waals surface area (Å²) in [6.45, 7) is 4.81. The van der Waals surface area contributed by atoms with Crippen LogP contribution in [-0.4, -0.2) is 112 Å². The number of thioether (sulfide) groups is 1. The molecule has 1 aromatic carbocycles. The second kappa shape index (κ2) is 15.3. The zero-order chi connectivity index (χ0) is 38.6. The normalized spacial score (nSPS) is 30.2. The second-order valence-electron chi connectivity index (χ2n) is 14.8. The fourth-order valence-electron chi connectivity index (χ4n) is 7.64. The molecule has 0 aromatic heterocycles. The Bertz CT molecular complexity index is 1820. The van der Waals surface area contributed by atoms with E-state index >= 15 is 0 Å². The summed E-state index contributed by atoms with van der Waals surface area (Å²) in [6, 6.07) is 4.53. The lowest BCUT2D eigenvalue weighted by Gasteiger charge is -2.44. The van der Waals surface area contributed by atoms with Crippen LogP contribution in [0.2, 0.25) is 0 Å². The van der Waals surface area contributed by atoms with Crippen LogP contribution in [0.1, 0.15) is 71.4 Å². The summed E-state index contributed by atoms with van der Waals surface area (Å²) >= 11 is 1.34. The van der Waals surface area contributed by atoms with Gasteiger partial charge in [0.05, 0.1) is 23.0 Å². The zero-order valence-corrected chi connectivity index (χ0v) is 32.4. The SMILES string of the molecule is CC1(C)S[C@@H]2[C@H](NC(=O)C(N)c3ccccc3)C(=O)N2[C@H]1C(=O)OCOC(=O)C1CCC(C(=O)OCOC(=O)[C@@H]2N3C(=O)C[C@H]3S(=O)(=O)C2(C)C)CC1.Cl. The van der Waals surface area contributed by atoms with Crippen molar-refractivity contribution in [2.45, 2.75) is 104 Å². The van der Waals surface area contributed by atoms with E-state index in [9.17, 15) is 42.0 Å². The number of hydrogen-bond acceptors (Lipinski definition) is 15. The maximum absolute atomic E-state index is 13.2. The molecule has 1 saturated carbocycles. The first-order chi connectivity index (χ1) is 24.9. The Morgan fingerprint density at radius 1 is 0.833 bits per heavy atom. The number of sulfone groups is 1. The molecule has 54 heavy (non-hydrogen) atoms. The van der Waals surface area contributed by atoms with Gasteiger partial charge in [-0.3, -0.25) is 24.0 Å². The average Bonchev–Trinajstić information content (AvgIpc) is 3.44. The molecule has 0 spiro atoms. The van der Waals surface area contributed by atoms with Gasteiger partial charge in [0.1, 0.15) is 34.9 Å². The Hall–Kier alpha value is -3.94. The molecule has 5 fully saturated rings. The van der Waals surface area contributed by atoms with Gasteiger partial charge in [-0.15, -0.1) is 24.2 Å². The fraction of sp³-hybridized carbons (Fsp3) is 0.618.